The van der Waals surface area contributed by atoms with E-state index in [-0.39, 0.29) is 5.90 Å². The van der Waals surface area contributed by atoms with Crippen LogP contribution < -0.4 is 10.2 Å². The summed E-state index contributed by atoms with van der Waals surface area (Å²) in [7, 11) is 1.58. The molecule has 0 saturated heterocycles. The Bertz CT molecular complexity index is 404. The van der Waals surface area contributed by atoms with Gasteiger partial charge in [0.1, 0.15) is 5.75 Å². The van der Waals surface area contributed by atoms with Crippen molar-refractivity contribution in [3.05, 3.63) is 24.3 Å². The van der Waals surface area contributed by atoms with E-state index in [9.17, 15) is 4.79 Å². The smallest absolute Gasteiger partial charge is 0.308 e. The second-order valence-corrected chi connectivity index (χ2v) is 3.31. The second kappa shape index (κ2) is 6.75. The van der Waals surface area contributed by atoms with Crippen LogP contribution in [0.4, 0.5) is 5.69 Å². The van der Waals surface area contributed by atoms with E-state index in [0.29, 0.717) is 12.3 Å². The zero-order chi connectivity index (χ0) is 12.7. The molecule has 0 aliphatic carbocycles. The van der Waals surface area contributed by atoms with Gasteiger partial charge in [-0.15, -0.1) is 5.10 Å². The maximum absolute atomic E-state index is 10.9. The maximum Gasteiger partial charge on any atom is 0.308 e. The van der Waals surface area contributed by atoms with Crippen LogP contribution in [-0.2, 0) is 9.53 Å². The minimum atomic E-state index is -0.743. The summed E-state index contributed by atoms with van der Waals surface area (Å²) < 4.78 is 9.96. The molecule has 0 radical (unpaired) electrons. The topological polar surface area (TPSA) is 59.9 Å². The van der Waals surface area contributed by atoms with Crippen molar-refractivity contribution in [1.82, 2.24) is 0 Å². The summed E-state index contributed by atoms with van der Waals surface area (Å²) in [6.07, 6.45) is 0. The monoisotopic (exact) mass is 256 g/mol. The number of hydrazone groups is 1. The quantitative estimate of drug-likeness (QED) is 0.380. The number of halogens is 1. The number of hydrogen-bond donors (Lipinski definition) is 1. The van der Waals surface area contributed by atoms with Gasteiger partial charge in [-0.2, -0.15) is 0 Å². The molecule has 1 N–H and O–H groups in total. The predicted octanol–water partition coefficient (Wildman–Crippen LogP) is 2.22. The highest BCUT2D eigenvalue weighted by molar-refractivity contribution is 6.80. The third kappa shape index (κ3) is 4.32. The van der Waals surface area contributed by atoms with Crippen molar-refractivity contribution < 1.29 is 14.3 Å². The van der Waals surface area contributed by atoms with Crippen LogP contribution in [0.3, 0.4) is 0 Å². The first-order valence-corrected chi connectivity index (χ1v) is 5.35. The SMILES string of the molecule is CCO/C(=N/Nc1ccc(OC)cc1)C(=O)Cl. The number of ether oxygens (including phenoxy) is 2. The summed E-state index contributed by atoms with van der Waals surface area (Å²) >= 11 is 5.28. The number of anilines is 1. The Hall–Kier alpha value is -1.75. The average Bonchev–Trinajstić information content (AvgIpc) is 2.34. The molecule has 0 fully saturated rings. The highest BCUT2D eigenvalue weighted by Gasteiger charge is 2.08. The van der Waals surface area contributed by atoms with Crippen molar-refractivity contribution in [2.45, 2.75) is 6.92 Å². The van der Waals surface area contributed by atoms with E-state index in [1.54, 1.807) is 38.3 Å². The lowest BCUT2D eigenvalue weighted by atomic mass is 10.3. The third-order valence-electron chi connectivity index (χ3n) is 1.83. The molecule has 92 valence electrons. The fraction of sp³-hybridized carbons (Fsp3) is 0.273. The number of benzene rings is 1. The number of methoxy groups -OCH3 is 1. The highest BCUT2D eigenvalue weighted by Crippen LogP contribution is 2.14. The molecule has 6 heteroatoms. The normalized spacial score (nSPS) is 10.9. The highest BCUT2D eigenvalue weighted by atomic mass is 35.5. The molecule has 0 saturated carbocycles. The number of carbonyl (C=O) groups is 1. The summed E-state index contributed by atoms with van der Waals surface area (Å²) in [5.41, 5.74) is 3.36. The minimum absolute atomic E-state index is 0.162. The number of nitrogens with zero attached hydrogens (tertiary/aromatic N) is 1. The molecule has 5 nitrogen and oxygen atoms in total. The molecule has 0 bridgehead atoms. The van der Waals surface area contributed by atoms with E-state index >= 15 is 0 Å². The Morgan fingerprint density at radius 1 is 1.41 bits per heavy atom. The summed E-state index contributed by atoms with van der Waals surface area (Å²) in [6, 6.07) is 7.04. The van der Waals surface area contributed by atoms with Gasteiger partial charge in [0, 0.05) is 0 Å². The van der Waals surface area contributed by atoms with E-state index in [1.165, 1.54) is 0 Å². The van der Waals surface area contributed by atoms with Gasteiger partial charge < -0.3 is 9.47 Å². The molecule has 0 unspecified atom stereocenters. The molecular weight excluding hydrogens is 244 g/mol. The second-order valence-electron chi connectivity index (χ2n) is 2.96. The summed E-state index contributed by atoms with van der Waals surface area (Å²) in [6.45, 7) is 2.06. The largest absolute Gasteiger partial charge is 0.497 e. The van der Waals surface area contributed by atoms with Crippen LogP contribution in [0.2, 0.25) is 0 Å². The van der Waals surface area contributed by atoms with Crippen LogP contribution in [0.25, 0.3) is 0 Å². The van der Waals surface area contributed by atoms with E-state index in [2.05, 4.69) is 10.5 Å². The Morgan fingerprint density at radius 3 is 2.53 bits per heavy atom. The van der Waals surface area contributed by atoms with Crippen LogP contribution >= 0.6 is 11.6 Å². The van der Waals surface area contributed by atoms with Crippen LogP contribution in [0.15, 0.2) is 29.4 Å². The fourth-order valence-electron chi connectivity index (χ4n) is 1.05. The summed E-state index contributed by atoms with van der Waals surface area (Å²) in [5, 5.41) is 3.02. The van der Waals surface area contributed by atoms with Gasteiger partial charge in [0.05, 0.1) is 19.4 Å². The van der Waals surface area contributed by atoms with Gasteiger partial charge in [-0.05, 0) is 42.8 Å². The number of nitrogens with one attached hydrogen (secondary N) is 1. The van der Waals surface area contributed by atoms with E-state index in [1.807, 2.05) is 0 Å². The van der Waals surface area contributed by atoms with Crippen molar-refractivity contribution in [2.75, 3.05) is 19.1 Å². The molecule has 0 aromatic heterocycles. The lowest BCUT2D eigenvalue weighted by Gasteiger charge is -2.05. The first-order chi connectivity index (χ1) is 8.17. The Labute approximate surface area is 104 Å². The van der Waals surface area contributed by atoms with Gasteiger partial charge >= 0.3 is 5.24 Å². The molecule has 0 aliphatic rings. The van der Waals surface area contributed by atoms with Crippen LogP contribution in [0.1, 0.15) is 6.92 Å². The molecule has 0 amide bonds. The fourth-order valence-corrected chi connectivity index (χ4v) is 1.15. The molecule has 0 aliphatic heterocycles. The molecular formula is C11H13ClN2O3. The van der Waals surface area contributed by atoms with E-state index < -0.39 is 5.24 Å². The summed E-state index contributed by atoms with van der Waals surface area (Å²) in [4.78, 5) is 10.9. The lowest BCUT2D eigenvalue weighted by Crippen LogP contribution is -2.14. The molecule has 1 aromatic rings. The first-order valence-electron chi connectivity index (χ1n) is 4.97. The molecule has 17 heavy (non-hydrogen) atoms. The Kier molecular flexibility index (Phi) is 5.29. The van der Waals surface area contributed by atoms with Crippen molar-refractivity contribution in [3.63, 3.8) is 0 Å². The Balaban J connectivity index is 2.69. The molecule has 1 rings (SSSR count). The maximum atomic E-state index is 10.9. The number of rotatable bonds is 5. The van der Waals surface area contributed by atoms with Crippen LogP contribution in [0, 0.1) is 0 Å². The molecule has 0 spiro atoms. The third-order valence-corrected chi connectivity index (χ3v) is 1.99. The van der Waals surface area contributed by atoms with Gasteiger partial charge in [-0.25, -0.2) is 0 Å². The standard InChI is InChI=1S/C11H13ClN2O3/c1-3-17-11(10(12)15)14-13-8-4-6-9(16-2)7-5-8/h4-7,13H,3H2,1-2H3/b14-11+. The molecule has 0 heterocycles. The van der Waals surface area contributed by atoms with Crippen LogP contribution in [-0.4, -0.2) is 24.9 Å². The number of carbonyl (C=O) groups excluding carboxylic acids is 1. The van der Waals surface area contributed by atoms with Crippen molar-refractivity contribution in [2.24, 2.45) is 5.10 Å². The lowest BCUT2D eigenvalue weighted by molar-refractivity contribution is -0.107. The number of hydrogen-bond acceptors (Lipinski definition) is 5. The average molecular weight is 257 g/mol. The van der Waals surface area contributed by atoms with Crippen molar-refractivity contribution in [3.8, 4) is 5.75 Å². The van der Waals surface area contributed by atoms with Gasteiger partial charge in [0.25, 0.3) is 5.90 Å². The Morgan fingerprint density at radius 2 is 2.06 bits per heavy atom. The van der Waals surface area contributed by atoms with Gasteiger partial charge in [-0.3, -0.25) is 10.2 Å². The van der Waals surface area contributed by atoms with Gasteiger partial charge in [0.15, 0.2) is 0 Å². The predicted molar refractivity (Wildman–Crippen MR) is 66.5 cm³/mol. The van der Waals surface area contributed by atoms with E-state index in [4.69, 9.17) is 21.1 Å². The van der Waals surface area contributed by atoms with Crippen LogP contribution in [0.5, 0.6) is 5.75 Å². The zero-order valence-electron chi connectivity index (χ0n) is 9.57. The molecule has 1 aromatic carbocycles. The van der Waals surface area contributed by atoms with E-state index in [0.717, 1.165) is 5.75 Å². The zero-order valence-corrected chi connectivity index (χ0v) is 10.3. The molecule has 0 atom stereocenters. The van der Waals surface area contributed by atoms with Crippen molar-refractivity contribution in [1.29, 1.82) is 0 Å². The van der Waals surface area contributed by atoms with Gasteiger partial charge in [0.2, 0.25) is 0 Å². The van der Waals surface area contributed by atoms with Gasteiger partial charge in [-0.1, -0.05) is 0 Å². The first kappa shape index (κ1) is 13.3. The minimum Gasteiger partial charge on any atom is -0.497 e. The van der Waals surface area contributed by atoms with Crippen molar-refractivity contribution >= 4 is 28.4 Å². The summed E-state index contributed by atoms with van der Waals surface area (Å²) in [5.74, 6) is 0.572.